The lowest BCUT2D eigenvalue weighted by molar-refractivity contribution is -0.142. The molecule has 1 aliphatic heterocycles. The van der Waals surface area contributed by atoms with Crippen LogP contribution in [-0.4, -0.2) is 47.4 Å². The predicted molar refractivity (Wildman–Crippen MR) is 73.3 cm³/mol. The van der Waals surface area contributed by atoms with Gasteiger partial charge in [0.2, 0.25) is 0 Å². The third-order valence-electron chi connectivity index (χ3n) is 2.90. The van der Waals surface area contributed by atoms with Crippen LogP contribution in [0.15, 0.2) is 11.8 Å². The first-order valence-electron chi connectivity index (χ1n) is 6.69. The van der Waals surface area contributed by atoms with E-state index in [-0.39, 0.29) is 6.42 Å². The van der Waals surface area contributed by atoms with Crippen LogP contribution in [0.25, 0.3) is 0 Å². The smallest absolute Gasteiger partial charge is 0.410 e. The van der Waals surface area contributed by atoms with E-state index in [0.29, 0.717) is 6.61 Å². The van der Waals surface area contributed by atoms with Crippen molar-refractivity contribution in [1.29, 1.82) is 0 Å². The lowest BCUT2D eigenvalue weighted by atomic mass is 10.0. The van der Waals surface area contributed by atoms with Gasteiger partial charge >= 0.3 is 12.1 Å². The number of likely N-dealkylation sites (N-methyl/N-ethyl adjacent to an activating group) is 1. The summed E-state index contributed by atoms with van der Waals surface area (Å²) in [7, 11) is 1.44. The number of hydrogen-bond acceptors (Lipinski definition) is 4. The first kappa shape index (κ1) is 16.3. The van der Waals surface area contributed by atoms with Gasteiger partial charge in [-0.05, 0) is 39.2 Å². The first-order valence-corrected chi connectivity index (χ1v) is 6.69. The van der Waals surface area contributed by atoms with Crippen molar-refractivity contribution in [2.24, 2.45) is 0 Å². The Labute approximate surface area is 119 Å². The zero-order chi connectivity index (χ0) is 15.3. The maximum atomic E-state index is 11.9. The van der Waals surface area contributed by atoms with E-state index in [9.17, 15) is 14.7 Å². The number of carbonyl (C=O) groups excluding carboxylic acids is 1. The molecule has 0 aromatic rings. The molecule has 0 spiro atoms. The van der Waals surface area contributed by atoms with Crippen molar-refractivity contribution in [3.63, 3.8) is 0 Å². The molecule has 0 aromatic carbocycles. The minimum Gasteiger partial charge on any atom is -0.501 e. The molecule has 0 saturated carbocycles. The summed E-state index contributed by atoms with van der Waals surface area (Å²) in [6, 6.07) is -0.946. The number of ether oxygens (including phenoxy) is 2. The molecule has 1 heterocycles. The van der Waals surface area contributed by atoms with Crippen LogP contribution < -0.4 is 0 Å². The topological polar surface area (TPSA) is 76.1 Å². The van der Waals surface area contributed by atoms with Crippen LogP contribution >= 0.6 is 0 Å². The monoisotopic (exact) mass is 285 g/mol. The summed E-state index contributed by atoms with van der Waals surface area (Å²) in [4.78, 5) is 24.4. The number of nitrogens with zero attached hydrogens (tertiary/aromatic N) is 1. The van der Waals surface area contributed by atoms with E-state index in [1.165, 1.54) is 7.05 Å². The van der Waals surface area contributed by atoms with Gasteiger partial charge in [-0.3, -0.25) is 4.90 Å². The number of hydrogen-bond donors (Lipinski definition) is 1. The molecule has 0 bridgehead atoms. The molecule has 0 fully saturated rings. The first-order chi connectivity index (χ1) is 9.20. The van der Waals surface area contributed by atoms with Crippen LogP contribution in [0.1, 0.15) is 40.0 Å². The van der Waals surface area contributed by atoms with Gasteiger partial charge in [-0.2, -0.15) is 0 Å². The van der Waals surface area contributed by atoms with E-state index in [1.54, 1.807) is 27.0 Å². The minimum atomic E-state index is -1.05. The molecule has 1 atom stereocenters. The standard InChI is InChI=1S/C14H23NO5/c1-14(2,3)20-13(18)15(4)11(12(16)17)8-10-6-5-7-19-9-10/h9,11H,5-8H2,1-4H3,(H,16,17)/t11-/m0/s1. The highest BCUT2D eigenvalue weighted by Gasteiger charge is 2.31. The largest absolute Gasteiger partial charge is 0.501 e. The second kappa shape index (κ2) is 6.63. The van der Waals surface area contributed by atoms with Crippen molar-refractivity contribution in [2.75, 3.05) is 13.7 Å². The fraction of sp³-hybridized carbons (Fsp3) is 0.714. The summed E-state index contributed by atoms with van der Waals surface area (Å²) < 4.78 is 10.4. The third kappa shape index (κ3) is 5.11. The molecule has 20 heavy (non-hydrogen) atoms. The summed E-state index contributed by atoms with van der Waals surface area (Å²) in [5, 5.41) is 9.30. The molecule has 6 heteroatoms. The molecule has 0 saturated heterocycles. The Kier molecular flexibility index (Phi) is 5.42. The Morgan fingerprint density at radius 1 is 1.50 bits per heavy atom. The van der Waals surface area contributed by atoms with Crippen LogP contribution in [0.4, 0.5) is 4.79 Å². The zero-order valence-corrected chi connectivity index (χ0v) is 12.5. The second-order valence-electron chi connectivity index (χ2n) is 5.90. The van der Waals surface area contributed by atoms with Gasteiger partial charge in [0, 0.05) is 13.5 Å². The fourth-order valence-corrected chi connectivity index (χ4v) is 1.87. The fourth-order valence-electron chi connectivity index (χ4n) is 1.87. The van der Waals surface area contributed by atoms with Gasteiger partial charge in [0.1, 0.15) is 11.6 Å². The van der Waals surface area contributed by atoms with Gasteiger partial charge in [0.05, 0.1) is 12.9 Å². The summed E-state index contributed by atoms with van der Waals surface area (Å²) in [5.74, 6) is -1.05. The molecule has 0 aromatic heterocycles. The van der Waals surface area contributed by atoms with E-state index in [0.717, 1.165) is 23.3 Å². The van der Waals surface area contributed by atoms with Crippen LogP contribution in [0.2, 0.25) is 0 Å². The highest BCUT2D eigenvalue weighted by Crippen LogP contribution is 2.21. The molecule has 1 N–H and O–H groups in total. The van der Waals surface area contributed by atoms with Crippen molar-refractivity contribution in [3.05, 3.63) is 11.8 Å². The Morgan fingerprint density at radius 3 is 2.60 bits per heavy atom. The lowest BCUT2D eigenvalue weighted by Crippen LogP contribution is -2.45. The van der Waals surface area contributed by atoms with Crippen LogP contribution in [0, 0.1) is 0 Å². The van der Waals surface area contributed by atoms with Crippen molar-refractivity contribution in [2.45, 2.75) is 51.7 Å². The zero-order valence-electron chi connectivity index (χ0n) is 12.5. The molecule has 1 aliphatic rings. The van der Waals surface area contributed by atoms with Crippen molar-refractivity contribution < 1.29 is 24.2 Å². The molecule has 0 aliphatic carbocycles. The Morgan fingerprint density at radius 2 is 2.15 bits per heavy atom. The quantitative estimate of drug-likeness (QED) is 0.858. The Balaban J connectivity index is 2.72. The van der Waals surface area contributed by atoms with Crippen molar-refractivity contribution in [1.82, 2.24) is 4.90 Å². The SMILES string of the molecule is CN(C(=O)OC(C)(C)C)[C@@H](CC1=COCCC1)C(=O)O. The molecule has 1 amide bonds. The molecule has 0 unspecified atom stereocenters. The third-order valence-corrected chi connectivity index (χ3v) is 2.90. The van der Waals surface area contributed by atoms with Crippen LogP contribution in [0.5, 0.6) is 0 Å². The number of amides is 1. The molecule has 6 nitrogen and oxygen atoms in total. The number of aliphatic carboxylic acids is 1. The maximum Gasteiger partial charge on any atom is 0.410 e. The lowest BCUT2D eigenvalue weighted by Gasteiger charge is -2.29. The van der Waals surface area contributed by atoms with Gasteiger partial charge in [-0.25, -0.2) is 9.59 Å². The molecular formula is C14H23NO5. The van der Waals surface area contributed by atoms with E-state index >= 15 is 0 Å². The summed E-state index contributed by atoms with van der Waals surface area (Å²) in [6.07, 6.45) is 2.88. The minimum absolute atomic E-state index is 0.255. The van der Waals surface area contributed by atoms with Crippen LogP contribution in [0.3, 0.4) is 0 Å². The highest BCUT2D eigenvalue weighted by molar-refractivity contribution is 5.80. The van der Waals surface area contributed by atoms with Crippen molar-refractivity contribution >= 4 is 12.1 Å². The summed E-state index contributed by atoms with van der Waals surface area (Å²) in [6.45, 7) is 5.88. The normalized spacial score (nSPS) is 16.7. The Bertz CT molecular complexity index is 397. The molecular weight excluding hydrogens is 262 g/mol. The number of rotatable bonds is 4. The Hall–Kier alpha value is -1.72. The average molecular weight is 285 g/mol. The summed E-state index contributed by atoms with van der Waals surface area (Å²) >= 11 is 0. The van der Waals surface area contributed by atoms with Gasteiger partial charge < -0.3 is 14.6 Å². The van der Waals surface area contributed by atoms with Gasteiger partial charge in [-0.15, -0.1) is 0 Å². The van der Waals surface area contributed by atoms with Gasteiger partial charge in [0.15, 0.2) is 0 Å². The van der Waals surface area contributed by atoms with E-state index < -0.39 is 23.7 Å². The number of carbonyl (C=O) groups is 2. The molecule has 0 radical (unpaired) electrons. The van der Waals surface area contributed by atoms with Gasteiger partial charge in [0.25, 0.3) is 0 Å². The van der Waals surface area contributed by atoms with Crippen LogP contribution in [-0.2, 0) is 14.3 Å². The molecule has 1 rings (SSSR count). The van der Waals surface area contributed by atoms with Crippen molar-refractivity contribution in [3.8, 4) is 0 Å². The predicted octanol–water partition coefficient (Wildman–Crippen LogP) is 2.39. The number of carboxylic acids is 1. The summed E-state index contributed by atoms with van der Waals surface area (Å²) in [5.41, 5.74) is 0.251. The van der Waals surface area contributed by atoms with E-state index in [2.05, 4.69) is 0 Å². The molecule has 114 valence electrons. The second-order valence-corrected chi connectivity index (χ2v) is 5.90. The maximum absolute atomic E-state index is 11.9. The van der Waals surface area contributed by atoms with E-state index in [4.69, 9.17) is 9.47 Å². The van der Waals surface area contributed by atoms with E-state index in [1.807, 2.05) is 0 Å². The number of carboxylic acid groups (broad SMARTS) is 1. The highest BCUT2D eigenvalue weighted by atomic mass is 16.6. The average Bonchev–Trinajstić information content (AvgIpc) is 2.34. The van der Waals surface area contributed by atoms with Gasteiger partial charge in [-0.1, -0.05) is 0 Å².